The summed E-state index contributed by atoms with van der Waals surface area (Å²) in [4.78, 5) is 13.4. The SMILES string of the molecule is CC(NC(=O)C(CN)c1ccccc1)c1cccs1.Cl. The van der Waals surface area contributed by atoms with E-state index < -0.39 is 0 Å². The number of carbonyl (C=O) groups is 1. The molecule has 3 nitrogen and oxygen atoms in total. The van der Waals surface area contributed by atoms with Crippen molar-refractivity contribution in [1.82, 2.24) is 5.32 Å². The Balaban J connectivity index is 0.00000200. The first-order chi connectivity index (χ1) is 9.22. The maximum absolute atomic E-state index is 12.3. The molecule has 1 aromatic carbocycles. The van der Waals surface area contributed by atoms with Crippen LogP contribution in [0.5, 0.6) is 0 Å². The average molecular weight is 311 g/mol. The van der Waals surface area contributed by atoms with Crippen LogP contribution in [0.1, 0.15) is 29.3 Å². The molecule has 1 aromatic heterocycles. The van der Waals surface area contributed by atoms with Crippen LogP contribution in [0.4, 0.5) is 0 Å². The zero-order valence-electron chi connectivity index (χ0n) is 11.3. The number of nitrogens with one attached hydrogen (secondary N) is 1. The van der Waals surface area contributed by atoms with E-state index in [-0.39, 0.29) is 30.3 Å². The molecule has 0 aliphatic heterocycles. The minimum absolute atomic E-state index is 0. The molecule has 5 heteroatoms. The number of rotatable bonds is 5. The number of hydrogen-bond acceptors (Lipinski definition) is 3. The Morgan fingerprint density at radius 3 is 2.50 bits per heavy atom. The van der Waals surface area contributed by atoms with E-state index in [1.165, 1.54) is 0 Å². The van der Waals surface area contributed by atoms with Crippen LogP contribution in [0, 0.1) is 0 Å². The van der Waals surface area contributed by atoms with Gasteiger partial charge in [0.15, 0.2) is 0 Å². The van der Waals surface area contributed by atoms with Gasteiger partial charge < -0.3 is 11.1 Å². The van der Waals surface area contributed by atoms with Crippen LogP contribution in [0.3, 0.4) is 0 Å². The molecule has 1 amide bonds. The van der Waals surface area contributed by atoms with E-state index in [2.05, 4.69) is 5.32 Å². The highest BCUT2D eigenvalue weighted by molar-refractivity contribution is 7.10. The van der Waals surface area contributed by atoms with Gasteiger partial charge in [0.25, 0.3) is 0 Å². The van der Waals surface area contributed by atoms with Gasteiger partial charge in [0.2, 0.25) is 5.91 Å². The molecule has 2 unspecified atom stereocenters. The summed E-state index contributed by atoms with van der Waals surface area (Å²) in [6, 6.07) is 13.7. The van der Waals surface area contributed by atoms with Gasteiger partial charge in [-0.1, -0.05) is 36.4 Å². The summed E-state index contributed by atoms with van der Waals surface area (Å²) in [5.41, 5.74) is 6.70. The summed E-state index contributed by atoms with van der Waals surface area (Å²) in [5.74, 6) is -0.307. The first kappa shape index (κ1) is 16.7. The Morgan fingerprint density at radius 1 is 1.25 bits per heavy atom. The molecule has 0 saturated heterocycles. The second-order valence-electron chi connectivity index (χ2n) is 4.44. The number of halogens is 1. The van der Waals surface area contributed by atoms with E-state index in [9.17, 15) is 4.79 Å². The predicted molar refractivity (Wildman–Crippen MR) is 86.4 cm³/mol. The van der Waals surface area contributed by atoms with Gasteiger partial charge >= 0.3 is 0 Å². The topological polar surface area (TPSA) is 55.1 Å². The number of hydrogen-bond donors (Lipinski definition) is 2. The zero-order chi connectivity index (χ0) is 13.7. The van der Waals surface area contributed by atoms with Crippen molar-refractivity contribution in [1.29, 1.82) is 0 Å². The molecule has 2 aromatic rings. The Morgan fingerprint density at radius 2 is 1.95 bits per heavy atom. The van der Waals surface area contributed by atoms with Crippen molar-refractivity contribution in [3.63, 3.8) is 0 Å². The van der Waals surface area contributed by atoms with E-state index in [0.29, 0.717) is 6.54 Å². The lowest BCUT2D eigenvalue weighted by Gasteiger charge is -2.18. The van der Waals surface area contributed by atoms with Crippen LogP contribution >= 0.6 is 23.7 Å². The first-order valence-electron chi connectivity index (χ1n) is 6.31. The largest absolute Gasteiger partial charge is 0.348 e. The lowest BCUT2D eigenvalue weighted by atomic mass is 9.98. The Hall–Kier alpha value is -1.36. The molecule has 2 rings (SSSR count). The van der Waals surface area contributed by atoms with Gasteiger partial charge in [0.05, 0.1) is 12.0 Å². The van der Waals surface area contributed by atoms with Crippen LogP contribution in [-0.4, -0.2) is 12.5 Å². The molecular formula is C15H19ClN2OS. The average Bonchev–Trinajstić information content (AvgIpc) is 2.94. The van der Waals surface area contributed by atoms with Gasteiger partial charge in [-0.15, -0.1) is 23.7 Å². The molecule has 108 valence electrons. The number of amides is 1. The van der Waals surface area contributed by atoms with Crippen LogP contribution in [-0.2, 0) is 4.79 Å². The number of benzene rings is 1. The van der Waals surface area contributed by atoms with Crippen LogP contribution < -0.4 is 11.1 Å². The first-order valence-corrected chi connectivity index (χ1v) is 7.19. The summed E-state index contributed by atoms with van der Waals surface area (Å²) < 4.78 is 0. The second kappa shape index (κ2) is 8.04. The van der Waals surface area contributed by atoms with Crippen LogP contribution in [0.25, 0.3) is 0 Å². The number of nitrogens with two attached hydrogens (primary N) is 1. The molecule has 2 atom stereocenters. The van der Waals surface area contributed by atoms with Gasteiger partial charge in [-0.05, 0) is 23.9 Å². The standard InChI is InChI=1S/C15H18N2OS.ClH/c1-11(14-8-5-9-19-14)17-15(18)13(10-16)12-6-3-2-4-7-12;/h2-9,11,13H,10,16H2,1H3,(H,17,18);1H. The summed E-state index contributed by atoms with van der Waals surface area (Å²) in [6.07, 6.45) is 0. The van der Waals surface area contributed by atoms with Gasteiger partial charge in [-0.2, -0.15) is 0 Å². The fraction of sp³-hybridized carbons (Fsp3) is 0.267. The highest BCUT2D eigenvalue weighted by Gasteiger charge is 2.20. The van der Waals surface area contributed by atoms with E-state index in [1.807, 2.05) is 54.8 Å². The van der Waals surface area contributed by atoms with Crippen molar-refractivity contribution in [3.05, 3.63) is 58.3 Å². The summed E-state index contributed by atoms with van der Waals surface area (Å²) >= 11 is 1.64. The second-order valence-corrected chi connectivity index (χ2v) is 5.42. The zero-order valence-corrected chi connectivity index (χ0v) is 12.9. The van der Waals surface area contributed by atoms with Crippen molar-refractivity contribution in [3.8, 4) is 0 Å². The molecule has 0 spiro atoms. The third-order valence-corrected chi connectivity index (χ3v) is 4.14. The molecule has 0 aliphatic rings. The number of carbonyl (C=O) groups excluding carboxylic acids is 1. The third-order valence-electron chi connectivity index (χ3n) is 3.08. The van der Waals surface area contributed by atoms with Gasteiger partial charge in [-0.3, -0.25) is 4.79 Å². The molecule has 0 radical (unpaired) electrons. The molecule has 0 fully saturated rings. The Labute approximate surface area is 129 Å². The fourth-order valence-electron chi connectivity index (χ4n) is 2.00. The van der Waals surface area contributed by atoms with Gasteiger partial charge in [0.1, 0.15) is 0 Å². The van der Waals surface area contributed by atoms with E-state index in [1.54, 1.807) is 11.3 Å². The van der Waals surface area contributed by atoms with E-state index in [4.69, 9.17) is 5.73 Å². The highest BCUT2D eigenvalue weighted by atomic mass is 35.5. The minimum Gasteiger partial charge on any atom is -0.348 e. The van der Waals surface area contributed by atoms with Crippen molar-refractivity contribution >= 4 is 29.7 Å². The molecular weight excluding hydrogens is 292 g/mol. The van der Waals surface area contributed by atoms with E-state index >= 15 is 0 Å². The highest BCUT2D eigenvalue weighted by Crippen LogP contribution is 2.20. The lowest BCUT2D eigenvalue weighted by Crippen LogP contribution is -2.34. The van der Waals surface area contributed by atoms with Crippen LogP contribution in [0.15, 0.2) is 47.8 Å². The molecule has 20 heavy (non-hydrogen) atoms. The lowest BCUT2D eigenvalue weighted by molar-refractivity contribution is -0.123. The fourth-order valence-corrected chi connectivity index (χ4v) is 2.74. The van der Waals surface area contributed by atoms with Crippen molar-refractivity contribution in [2.45, 2.75) is 18.9 Å². The minimum atomic E-state index is -0.288. The van der Waals surface area contributed by atoms with Crippen LogP contribution in [0.2, 0.25) is 0 Å². The van der Waals surface area contributed by atoms with E-state index in [0.717, 1.165) is 10.4 Å². The molecule has 3 N–H and O–H groups in total. The monoisotopic (exact) mass is 310 g/mol. The Bertz CT molecular complexity index is 516. The van der Waals surface area contributed by atoms with Gasteiger partial charge in [0, 0.05) is 11.4 Å². The third kappa shape index (κ3) is 4.07. The molecule has 0 saturated carbocycles. The number of thiophene rings is 1. The van der Waals surface area contributed by atoms with Crippen molar-refractivity contribution in [2.24, 2.45) is 5.73 Å². The maximum atomic E-state index is 12.3. The molecule has 0 bridgehead atoms. The van der Waals surface area contributed by atoms with Crippen molar-refractivity contribution < 1.29 is 4.79 Å². The summed E-state index contributed by atoms with van der Waals surface area (Å²) in [6.45, 7) is 2.30. The normalized spacial score (nSPS) is 13.1. The smallest absolute Gasteiger partial charge is 0.229 e. The maximum Gasteiger partial charge on any atom is 0.229 e. The Kier molecular flexibility index (Phi) is 6.71. The summed E-state index contributed by atoms with van der Waals surface area (Å²) in [5, 5.41) is 5.03. The summed E-state index contributed by atoms with van der Waals surface area (Å²) in [7, 11) is 0. The van der Waals surface area contributed by atoms with Crippen molar-refractivity contribution in [2.75, 3.05) is 6.54 Å². The molecule has 1 heterocycles. The quantitative estimate of drug-likeness (QED) is 0.891. The predicted octanol–water partition coefficient (Wildman–Crippen LogP) is 3.09. The van der Waals surface area contributed by atoms with Gasteiger partial charge in [-0.25, -0.2) is 0 Å². The molecule has 0 aliphatic carbocycles.